The van der Waals surface area contributed by atoms with Gasteiger partial charge < -0.3 is 33.7 Å². The van der Waals surface area contributed by atoms with Crippen molar-refractivity contribution in [2.24, 2.45) is 0 Å². The smallest absolute Gasteiger partial charge is 0.320 e. The van der Waals surface area contributed by atoms with Gasteiger partial charge in [-0.15, -0.1) is 0 Å². The summed E-state index contributed by atoms with van der Waals surface area (Å²) < 4.78 is 22.5. The Bertz CT molecular complexity index is 1220. The summed E-state index contributed by atoms with van der Waals surface area (Å²) >= 11 is 0. The fraction of sp³-hybridized carbons (Fsp3) is 0.464. The van der Waals surface area contributed by atoms with Gasteiger partial charge in [-0.25, -0.2) is 4.79 Å². The maximum Gasteiger partial charge on any atom is 0.320 e. The summed E-state index contributed by atoms with van der Waals surface area (Å²) in [7, 11) is 3.36. The van der Waals surface area contributed by atoms with Gasteiger partial charge in [0.15, 0.2) is 11.5 Å². The molecule has 3 heterocycles. The highest BCUT2D eigenvalue weighted by molar-refractivity contribution is 5.84. The molecule has 2 aromatic carbocycles. The predicted octanol–water partition coefficient (Wildman–Crippen LogP) is 4.57. The van der Waals surface area contributed by atoms with Crippen molar-refractivity contribution in [3.63, 3.8) is 0 Å². The summed E-state index contributed by atoms with van der Waals surface area (Å²) in [5.41, 5.74) is 4.66. The lowest BCUT2D eigenvalue weighted by Crippen LogP contribution is -2.51. The minimum Gasteiger partial charge on any atom is -0.497 e. The molecule has 1 fully saturated rings. The average molecular weight is 494 g/mol. The van der Waals surface area contributed by atoms with E-state index in [9.17, 15) is 4.79 Å². The molecule has 2 amide bonds. The van der Waals surface area contributed by atoms with E-state index in [4.69, 9.17) is 18.9 Å². The Morgan fingerprint density at radius 2 is 1.92 bits per heavy atom. The highest BCUT2D eigenvalue weighted by Crippen LogP contribution is 2.41. The second-order valence-corrected chi connectivity index (χ2v) is 9.24. The van der Waals surface area contributed by atoms with E-state index < -0.39 is 0 Å². The number of fused-ring (bicyclic) bond motifs is 2. The standard InChI is InChI=1S/C28H35N3O5/c1-4-36-27-17-23-19(15-26(27)34-3)9-10-31(28(32)30-11-13-35-14-12-30)25(23)8-5-20-18-29-24-7-6-21(33-2)16-22(20)24/h6-7,15-18,25,29H,4-5,8-14H2,1-3H3/t25-/m1/s1. The monoisotopic (exact) mass is 493 g/mol. The van der Waals surface area contributed by atoms with E-state index in [1.807, 2.05) is 28.9 Å². The third-order valence-corrected chi connectivity index (χ3v) is 7.27. The number of aryl methyl sites for hydroxylation is 1. The van der Waals surface area contributed by atoms with Crippen molar-refractivity contribution in [2.75, 3.05) is 53.7 Å². The number of carbonyl (C=O) groups is 1. The van der Waals surface area contributed by atoms with Crippen LogP contribution in [0.25, 0.3) is 10.9 Å². The van der Waals surface area contributed by atoms with Crippen LogP contribution < -0.4 is 14.2 Å². The lowest BCUT2D eigenvalue weighted by molar-refractivity contribution is 0.0376. The van der Waals surface area contributed by atoms with E-state index in [1.54, 1.807) is 14.2 Å². The molecule has 0 aliphatic carbocycles. The quantitative estimate of drug-likeness (QED) is 0.522. The van der Waals surface area contributed by atoms with Crippen LogP contribution in [-0.2, 0) is 17.6 Å². The lowest BCUT2D eigenvalue weighted by Gasteiger charge is -2.41. The number of nitrogens with zero attached hydrogens (tertiary/aromatic N) is 2. The second-order valence-electron chi connectivity index (χ2n) is 9.24. The molecule has 1 N–H and O–H groups in total. The van der Waals surface area contributed by atoms with Crippen molar-refractivity contribution in [3.05, 3.63) is 53.2 Å². The summed E-state index contributed by atoms with van der Waals surface area (Å²) in [6, 6.07) is 10.3. The molecular weight excluding hydrogens is 458 g/mol. The average Bonchev–Trinajstić information content (AvgIpc) is 3.33. The highest BCUT2D eigenvalue weighted by Gasteiger charge is 2.34. The molecule has 0 spiro atoms. The second kappa shape index (κ2) is 10.7. The number of urea groups is 1. The molecule has 0 radical (unpaired) electrons. The number of ether oxygens (including phenoxy) is 4. The van der Waals surface area contributed by atoms with Crippen molar-refractivity contribution in [2.45, 2.75) is 32.2 Å². The van der Waals surface area contributed by atoms with Gasteiger partial charge in [0.05, 0.1) is 40.1 Å². The lowest BCUT2D eigenvalue weighted by atomic mass is 9.88. The minimum absolute atomic E-state index is 0.0650. The number of H-pyrrole nitrogens is 1. The van der Waals surface area contributed by atoms with Gasteiger partial charge in [-0.3, -0.25) is 0 Å². The number of carbonyl (C=O) groups excluding carboxylic acids is 1. The highest BCUT2D eigenvalue weighted by atomic mass is 16.5. The number of rotatable bonds is 7. The van der Waals surface area contributed by atoms with Crippen molar-refractivity contribution in [1.82, 2.24) is 14.8 Å². The summed E-state index contributed by atoms with van der Waals surface area (Å²) in [5, 5.41) is 1.15. The molecule has 1 atom stereocenters. The van der Waals surface area contributed by atoms with Crippen molar-refractivity contribution < 1.29 is 23.7 Å². The molecule has 0 saturated carbocycles. The Labute approximate surface area is 212 Å². The zero-order valence-electron chi connectivity index (χ0n) is 21.3. The van der Waals surface area contributed by atoms with Gasteiger partial charge in [-0.05, 0) is 73.2 Å². The number of morpholine rings is 1. The normalized spacial score (nSPS) is 17.7. The fourth-order valence-electron chi connectivity index (χ4n) is 5.40. The summed E-state index contributed by atoms with van der Waals surface area (Å²) in [6.45, 7) is 5.62. The van der Waals surface area contributed by atoms with Crippen LogP contribution in [-0.4, -0.2) is 74.5 Å². The van der Waals surface area contributed by atoms with Gasteiger partial charge in [0.25, 0.3) is 0 Å². The van der Waals surface area contributed by atoms with Crippen LogP contribution >= 0.6 is 0 Å². The number of nitrogens with one attached hydrogen (secondary N) is 1. The molecule has 192 valence electrons. The fourth-order valence-corrected chi connectivity index (χ4v) is 5.40. The third-order valence-electron chi connectivity index (χ3n) is 7.27. The zero-order chi connectivity index (χ0) is 25.1. The van der Waals surface area contributed by atoms with Crippen LogP contribution in [0.4, 0.5) is 4.79 Å². The molecule has 1 saturated heterocycles. The Morgan fingerprint density at radius 3 is 2.67 bits per heavy atom. The number of aromatic nitrogens is 1. The van der Waals surface area contributed by atoms with E-state index in [-0.39, 0.29) is 12.1 Å². The van der Waals surface area contributed by atoms with Gasteiger partial charge >= 0.3 is 6.03 Å². The third kappa shape index (κ3) is 4.69. The molecular formula is C28H35N3O5. The molecule has 8 nitrogen and oxygen atoms in total. The summed E-state index contributed by atoms with van der Waals surface area (Å²) in [5.74, 6) is 2.30. The van der Waals surface area contributed by atoms with Crippen molar-refractivity contribution >= 4 is 16.9 Å². The number of hydrogen-bond acceptors (Lipinski definition) is 5. The molecule has 2 aliphatic heterocycles. The Morgan fingerprint density at radius 1 is 1.08 bits per heavy atom. The molecule has 0 unspecified atom stereocenters. The molecule has 5 rings (SSSR count). The van der Waals surface area contributed by atoms with E-state index in [0.29, 0.717) is 39.5 Å². The molecule has 8 heteroatoms. The predicted molar refractivity (Wildman–Crippen MR) is 138 cm³/mol. The van der Waals surface area contributed by atoms with Gasteiger partial charge in [-0.1, -0.05) is 0 Å². The Kier molecular flexibility index (Phi) is 7.23. The van der Waals surface area contributed by atoms with E-state index >= 15 is 0 Å². The Hall–Kier alpha value is -3.39. The van der Waals surface area contributed by atoms with Gasteiger partial charge in [0, 0.05) is 36.7 Å². The van der Waals surface area contributed by atoms with Crippen LogP contribution in [0.3, 0.4) is 0 Å². The number of amides is 2. The van der Waals surface area contributed by atoms with Crippen molar-refractivity contribution in [1.29, 1.82) is 0 Å². The van der Waals surface area contributed by atoms with Crippen molar-refractivity contribution in [3.8, 4) is 17.2 Å². The van der Waals surface area contributed by atoms with Gasteiger partial charge in [-0.2, -0.15) is 0 Å². The first-order chi connectivity index (χ1) is 17.6. The molecule has 3 aromatic rings. The number of hydrogen-bond donors (Lipinski definition) is 1. The largest absolute Gasteiger partial charge is 0.497 e. The number of benzene rings is 2. The molecule has 0 bridgehead atoms. The van der Waals surface area contributed by atoms with Crippen LogP contribution in [0.2, 0.25) is 0 Å². The first kappa shape index (κ1) is 24.3. The van der Waals surface area contributed by atoms with Crippen LogP contribution in [0.1, 0.15) is 36.1 Å². The summed E-state index contributed by atoms with van der Waals surface area (Å²) in [6.07, 6.45) is 4.47. The molecule has 36 heavy (non-hydrogen) atoms. The summed E-state index contributed by atoms with van der Waals surface area (Å²) in [4.78, 5) is 21.0. The van der Waals surface area contributed by atoms with Gasteiger partial charge in [0.2, 0.25) is 0 Å². The van der Waals surface area contributed by atoms with E-state index in [2.05, 4.69) is 29.4 Å². The Balaban J connectivity index is 1.48. The SMILES string of the molecule is CCOc1cc2c(cc1OC)CCN(C(=O)N1CCOCC1)[C@@H]2CCc1c[nH]c2ccc(OC)cc12. The maximum absolute atomic E-state index is 13.7. The van der Waals surface area contributed by atoms with E-state index in [1.165, 1.54) is 11.1 Å². The first-order valence-electron chi connectivity index (χ1n) is 12.7. The molecule has 2 aliphatic rings. The van der Waals surface area contributed by atoms with E-state index in [0.717, 1.165) is 53.0 Å². The minimum atomic E-state index is -0.0650. The number of aromatic amines is 1. The molecule has 1 aromatic heterocycles. The maximum atomic E-state index is 13.7. The number of methoxy groups -OCH3 is 2. The topological polar surface area (TPSA) is 76.3 Å². The van der Waals surface area contributed by atoms with Crippen LogP contribution in [0, 0.1) is 0 Å². The van der Waals surface area contributed by atoms with Gasteiger partial charge in [0.1, 0.15) is 5.75 Å². The van der Waals surface area contributed by atoms with Crippen LogP contribution in [0.5, 0.6) is 17.2 Å². The first-order valence-corrected chi connectivity index (χ1v) is 12.7. The van der Waals surface area contributed by atoms with Crippen LogP contribution in [0.15, 0.2) is 36.5 Å². The zero-order valence-corrected chi connectivity index (χ0v) is 21.3.